The summed E-state index contributed by atoms with van der Waals surface area (Å²) in [5, 5.41) is 6.12. The van der Waals surface area contributed by atoms with Crippen LogP contribution in [0.4, 0.5) is 11.5 Å². The van der Waals surface area contributed by atoms with E-state index in [9.17, 15) is 9.59 Å². The van der Waals surface area contributed by atoms with Gasteiger partial charge in [0.15, 0.2) is 0 Å². The molecule has 1 unspecified atom stereocenters. The summed E-state index contributed by atoms with van der Waals surface area (Å²) in [6, 6.07) is 20.1. The fourth-order valence-corrected chi connectivity index (χ4v) is 3.91. The molecule has 30 heavy (non-hydrogen) atoms. The van der Waals surface area contributed by atoms with Gasteiger partial charge in [0.25, 0.3) is 0 Å². The molecule has 3 rings (SSSR count). The van der Waals surface area contributed by atoms with E-state index in [1.54, 1.807) is 30.5 Å². The summed E-state index contributed by atoms with van der Waals surface area (Å²) >= 11 is 7.34. The van der Waals surface area contributed by atoms with Gasteiger partial charge in [-0.3, -0.25) is 9.59 Å². The van der Waals surface area contributed by atoms with Gasteiger partial charge in [-0.1, -0.05) is 42.8 Å². The summed E-state index contributed by atoms with van der Waals surface area (Å²) < 4.78 is 0. The normalized spacial score (nSPS) is 11.5. The molecule has 2 amide bonds. The van der Waals surface area contributed by atoms with E-state index >= 15 is 0 Å². The number of halogens is 1. The van der Waals surface area contributed by atoms with Gasteiger partial charge in [-0.25, -0.2) is 4.98 Å². The standard InChI is InChI=1S/C23H22ClN3O2S/c1-2-20(23(29)27-21-8-3-4-13-25-21)30-19-7-5-6-18(15-19)26-22(28)14-16-9-11-17(24)12-10-16/h3-13,15,20H,2,14H2,1H3,(H,26,28)(H,25,27,29). The molecule has 0 saturated heterocycles. The first kappa shape index (κ1) is 21.9. The van der Waals surface area contributed by atoms with Crippen molar-refractivity contribution in [3.8, 4) is 0 Å². The molecular formula is C23H22ClN3O2S. The van der Waals surface area contributed by atoms with Crippen LogP contribution in [0.3, 0.4) is 0 Å². The number of carbonyl (C=O) groups is 2. The van der Waals surface area contributed by atoms with Crippen molar-refractivity contribution in [2.24, 2.45) is 0 Å². The lowest BCUT2D eigenvalue weighted by Gasteiger charge is -2.15. The zero-order valence-corrected chi connectivity index (χ0v) is 18.0. The maximum Gasteiger partial charge on any atom is 0.239 e. The van der Waals surface area contributed by atoms with Crippen molar-refractivity contribution in [3.05, 3.63) is 83.5 Å². The minimum absolute atomic E-state index is 0.0987. The molecule has 5 nitrogen and oxygen atoms in total. The van der Waals surface area contributed by atoms with Crippen LogP contribution in [0, 0.1) is 0 Å². The molecule has 0 fully saturated rings. The molecule has 154 valence electrons. The number of benzene rings is 2. The summed E-state index contributed by atoms with van der Waals surface area (Å²) in [4.78, 5) is 30.0. The summed E-state index contributed by atoms with van der Waals surface area (Å²) in [6.07, 6.45) is 2.56. The van der Waals surface area contributed by atoms with Crippen LogP contribution < -0.4 is 10.6 Å². The number of nitrogens with zero attached hydrogens (tertiary/aromatic N) is 1. The van der Waals surface area contributed by atoms with Gasteiger partial charge in [-0.05, 0) is 54.4 Å². The Bertz CT molecular complexity index is 997. The van der Waals surface area contributed by atoms with E-state index < -0.39 is 0 Å². The van der Waals surface area contributed by atoms with Gasteiger partial charge in [0.05, 0.1) is 11.7 Å². The lowest BCUT2D eigenvalue weighted by atomic mass is 10.1. The molecule has 0 saturated carbocycles. The second-order valence-corrected chi connectivity index (χ2v) is 8.31. The smallest absolute Gasteiger partial charge is 0.239 e. The van der Waals surface area contributed by atoms with Gasteiger partial charge < -0.3 is 10.6 Å². The highest BCUT2D eigenvalue weighted by Crippen LogP contribution is 2.28. The first-order valence-electron chi connectivity index (χ1n) is 9.56. The lowest BCUT2D eigenvalue weighted by Crippen LogP contribution is -2.25. The third-order valence-corrected chi connectivity index (χ3v) is 5.86. The molecule has 2 aromatic carbocycles. The molecular weight excluding hydrogens is 418 g/mol. The van der Waals surface area contributed by atoms with E-state index in [2.05, 4.69) is 15.6 Å². The van der Waals surface area contributed by atoms with E-state index in [1.807, 2.05) is 49.4 Å². The van der Waals surface area contributed by atoms with E-state index in [0.29, 0.717) is 22.9 Å². The lowest BCUT2D eigenvalue weighted by molar-refractivity contribution is -0.116. The van der Waals surface area contributed by atoms with Crippen LogP contribution in [0.5, 0.6) is 0 Å². The van der Waals surface area contributed by atoms with Crippen LogP contribution in [0.25, 0.3) is 0 Å². The van der Waals surface area contributed by atoms with Crippen molar-refractivity contribution in [1.29, 1.82) is 0 Å². The number of amides is 2. The minimum atomic E-state index is -0.271. The SMILES string of the molecule is CCC(Sc1cccc(NC(=O)Cc2ccc(Cl)cc2)c1)C(=O)Nc1ccccn1. The Balaban J connectivity index is 1.60. The first-order chi connectivity index (χ1) is 14.5. The fourth-order valence-electron chi connectivity index (χ4n) is 2.77. The molecule has 0 aliphatic heterocycles. The number of anilines is 2. The van der Waals surface area contributed by atoms with Gasteiger partial charge in [0.2, 0.25) is 11.8 Å². The highest BCUT2D eigenvalue weighted by molar-refractivity contribution is 8.00. The van der Waals surface area contributed by atoms with Gasteiger partial charge in [0, 0.05) is 21.8 Å². The highest BCUT2D eigenvalue weighted by atomic mass is 35.5. The van der Waals surface area contributed by atoms with Crippen molar-refractivity contribution in [2.75, 3.05) is 10.6 Å². The quantitative estimate of drug-likeness (QED) is 0.459. The van der Waals surface area contributed by atoms with Gasteiger partial charge in [-0.2, -0.15) is 0 Å². The van der Waals surface area contributed by atoms with Crippen LogP contribution in [-0.2, 0) is 16.0 Å². The molecule has 0 bridgehead atoms. The van der Waals surface area contributed by atoms with Crippen LogP contribution in [0.15, 0.2) is 77.8 Å². The van der Waals surface area contributed by atoms with Crippen molar-refractivity contribution in [1.82, 2.24) is 4.98 Å². The Hall–Kier alpha value is -2.83. The van der Waals surface area contributed by atoms with Crippen LogP contribution in [0.2, 0.25) is 5.02 Å². The van der Waals surface area contributed by atoms with Gasteiger partial charge in [-0.15, -0.1) is 11.8 Å². The zero-order valence-electron chi connectivity index (χ0n) is 16.5. The molecule has 0 aliphatic carbocycles. The molecule has 1 heterocycles. The number of hydrogen-bond donors (Lipinski definition) is 2. The topological polar surface area (TPSA) is 71.1 Å². The van der Waals surface area contributed by atoms with E-state index in [4.69, 9.17) is 11.6 Å². The zero-order chi connectivity index (χ0) is 21.3. The largest absolute Gasteiger partial charge is 0.326 e. The summed E-state index contributed by atoms with van der Waals surface area (Å²) in [6.45, 7) is 1.97. The van der Waals surface area contributed by atoms with Gasteiger partial charge >= 0.3 is 0 Å². The Kier molecular flexibility index (Phi) is 7.88. The summed E-state index contributed by atoms with van der Waals surface area (Å²) in [5.74, 6) is 0.322. The van der Waals surface area contributed by atoms with E-state index in [0.717, 1.165) is 10.5 Å². The molecule has 0 radical (unpaired) electrons. The highest BCUT2D eigenvalue weighted by Gasteiger charge is 2.18. The first-order valence-corrected chi connectivity index (χ1v) is 10.8. The van der Waals surface area contributed by atoms with Crippen molar-refractivity contribution < 1.29 is 9.59 Å². The molecule has 1 atom stereocenters. The molecule has 2 N–H and O–H groups in total. The molecule has 3 aromatic rings. The maximum atomic E-state index is 12.6. The van der Waals surface area contributed by atoms with E-state index in [1.165, 1.54) is 11.8 Å². The monoisotopic (exact) mass is 439 g/mol. The van der Waals surface area contributed by atoms with Gasteiger partial charge in [0.1, 0.15) is 5.82 Å². The Labute approximate surface area is 185 Å². The third kappa shape index (κ3) is 6.61. The van der Waals surface area contributed by atoms with Crippen LogP contribution >= 0.6 is 23.4 Å². The molecule has 0 aliphatic rings. The molecule has 7 heteroatoms. The van der Waals surface area contributed by atoms with Crippen molar-refractivity contribution >= 4 is 46.7 Å². The van der Waals surface area contributed by atoms with Crippen molar-refractivity contribution in [3.63, 3.8) is 0 Å². The van der Waals surface area contributed by atoms with Crippen molar-refractivity contribution in [2.45, 2.75) is 29.9 Å². The predicted octanol–water partition coefficient (Wildman–Crippen LogP) is 5.43. The number of aromatic nitrogens is 1. The maximum absolute atomic E-state index is 12.6. The number of carbonyl (C=O) groups excluding carboxylic acids is 2. The minimum Gasteiger partial charge on any atom is -0.326 e. The fraction of sp³-hybridized carbons (Fsp3) is 0.174. The number of rotatable bonds is 8. The number of hydrogen-bond acceptors (Lipinski definition) is 4. The summed E-state index contributed by atoms with van der Waals surface area (Å²) in [5.41, 5.74) is 1.58. The molecule has 1 aromatic heterocycles. The average Bonchev–Trinajstić information content (AvgIpc) is 2.74. The predicted molar refractivity (Wildman–Crippen MR) is 123 cm³/mol. The van der Waals surface area contributed by atoms with Crippen LogP contribution in [-0.4, -0.2) is 22.0 Å². The number of thioether (sulfide) groups is 1. The number of nitrogens with one attached hydrogen (secondary N) is 2. The second-order valence-electron chi connectivity index (χ2n) is 6.60. The number of pyridine rings is 1. The third-order valence-electron chi connectivity index (χ3n) is 4.25. The van der Waals surface area contributed by atoms with E-state index in [-0.39, 0.29) is 23.5 Å². The average molecular weight is 440 g/mol. The second kappa shape index (κ2) is 10.8. The summed E-state index contributed by atoms with van der Waals surface area (Å²) in [7, 11) is 0. The van der Waals surface area contributed by atoms with Crippen LogP contribution in [0.1, 0.15) is 18.9 Å². The Morgan fingerprint density at radius 3 is 2.53 bits per heavy atom. The Morgan fingerprint density at radius 2 is 1.83 bits per heavy atom. The Morgan fingerprint density at radius 1 is 1.03 bits per heavy atom. The molecule has 0 spiro atoms.